The minimum atomic E-state index is -0.635. The van der Waals surface area contributed by atoms with Crippen molar-refractivity contribution >= 4 is 17.5 Å². The van der Waals surface area contributed by atoms with Crippen LogP contribution in [0.5, 0.6) is 11.6 Å². The normalized spacial score (nSPS) is 10.3. The van der Waals surface area contributed by atoms with Gasteiger partial charge in [-0.25, -0.2) is 4.39 Å². The summed E-state index contributed by atoms with van der Waals surface area (Å²) in [6.07, 6.45) is 1.69. The van der Waals surface area contributed by atoms with E-state index in [9.17, 15) is 9.18 Å². The lowest BCUT2D eigenvalue weighted by atomic mass is 10.1. The summed E-state index contributed by atoms with van der Waals surface area (Å²) < 4.78 is 19.6. The van der Waals surface area contributed by atoms with E-state index >= 15 is 0 Å². The van der Waals surface area contributed by atoms with Crippen molar-refractivity contribution in [3.8, 4) is 11.6 Å². The SMILES string of the molecule is NC(=O)CCc1ccc(Cl)c(Oc2cccnn2)c1F. The molecule has 0 aliphatic carbocycles. The van der Waals surface area contributed by atoms with E-state index < -0.39 is 11.7 Å². The molecule has 0 radical (unpaired) electrons. The molecule has 0 bridgehead atoms. The van der Waals surface area contributed by atoms with Gasteiger partial charge in [0.1, 0.15) is 0 Å². The maximum Gasteiger partial charge on any atom is 0.239 e. The predicted molar refractivity (Wildman–Crippen MR) is 71.0 cm³/mol. The van der Waals surface area contributed by atoms with Crippen LogP contribution in [-0.4, -0.2) is 16.1 Å². The molecule has 0 aliphatic rings. The fourth-order valence-electron chi connectivity index (χ4n) is 1.56. The quantitative estimate of drug-likeness (QED) is 0.919. The van der Waals surface area contributed by atoms with Crippen LogP contribution in [0.4, 0.5) is 4.39 Å². The Bertz CT molecular complexity index is 623. The Morgan fingerprint density at radius 3 is 2.85 bits per heavy atom. The number of aryl methyl sites for hydroxylation is 1. The summed E-state index contributed by atoms with van der Waals surface area (Å²) in [7, 11) is 0. The molecule has 0 saturated heterocycles. The number of nitrogens with two attached hydrogens (primary N) is 1. The Kier molecular flexibility index (Phi) is 4.47. The highest BCUT2D eigenvalue weighted by Gasteiger charge is 2.15. The Hall–Kier alpha value is -2.21. The molecule has 7 heteroatoms. The lowest BCUT2D eigenvalue weighted by Crippen LogP contribution is -2.11. The third-order valence-electron chi connectivity index (χ3n) is 2.52. The van der Waals surface area contributed by atoms with E-state index in [1.807, 2.05) is 0 Å². The van der Waals surface area contributed by atoms with Crippen molar-refractivity contribution in [2.45, 2.75) is 12.8 Å². The number of ether oxygens (including phenoxy) is 1. The van der Waals surface area contributed by atoms with Crippen molar-refractivity contribution in [2.75, 3.05) is 0 Å². The molecule has 104 valence electrons. The number of halogens is 2. The zero-order chi connectivity index (χ0) is 14.5. The minimum Gasteiger partial charge on any atom is -0.433 e. The van der Waals surface area contributed by atoms with Crippen molar-refractivity contribution < 1.29 is 13.9 Å². The van der Waals surface area contributed by atoms with Crippen LogP contribution >= 0.6 is 11.6 Å². The van der Waals surface area contributed by atoms with Gasteiger partial charge in [-0.3, -0.25) is 4.79 Å². The van der Waals surface area contributed by atoms with Crippen molar-refractivity contribution in [1.29, 1.82) is 0 Å². The van der Waals surface area contributed by atoms with Crippen LogP contribution in [0.2, 0.25) is 5.02 Å². The molecule has 2 aromatic rings. The van der Waals surface area contributed by atoms with E-state index in [1.165, 1.54) is 24.4 Å². The fraction of sp³-hybridized carbons (Fsp3) is 0.154. The maximum absolute atomic E-state index is 14.3. The molecule has 1 amide bonds. The third-order valence-corrected chi connectivity index (χ3v) is 2.82. The average Bonchev–Trinajstić information content (AvgIpc) is 2.43. The first-order chi connectivity index (χ1) is 9.58. The first kappa shape index (κ1) is 14.2. The number of aromatic nitrogens is 2. The number of hydrogen-bond acceptors (Lipinski definition) is 4. The molecule has 0 atom stereocenters. The van der Waals surface area contributed by atoms with E-state index in [1.54, 1.807) is 6.07 Å². The number of hydrogen-bond donors (Lipinski definition) is 1. The van der Waals surface area contributed by atoms with Crippen LogP contribution in [0.3, 0.4) is 0 Å². The van der Waals surface area contributed by atoms with Crippen molar-refractivity contribution in [3.63, 3.8) is 0 Å². The highest BCUT2D eigenvalue weighted by molar-refractivity contribution is 6.32. The number of amides is 1. The molecule has 0 saturated carbocycles. The van der Waals surface area contributed by atoms with Crippen LogP contribution in [-0.2, 0) is 11.2 Å². The monoisotopic (exact) mass is 295 g/mol. The molecule has 2 rings (SSSR count). The molecular formula is C13H11ClFN3O2. The molecule has 0 unspecified atom stereocenters. The molecule has 0 spiro atoms. The van der Waals surface area contributed by atoms with Gasteiger partial charge in [0.25, 0.3) is 0 Å². The highest BCUT2D eigenvalue weighted by Crippen LogP contribution is 2.33. The first-order valence-electron chi connectivity index (χ1n) is 5.78. The Labute approximate surface area is 119 Å². The number of nitrogens with zero attached hydrogens (tertiary/aromatic N) is 2. The van der Waals surface area contributed by atoms with E-state index in [-0.39, 0.29) is 29.5 Å². The molecule has 20 heavy (non-hydrogen) atoms. The summed E-state index contributed by atoms with van der Waals surface area (Å²) in [5.74, 6) is -1.16. The molecule has 5 nitrogen and oxygen atoms in total. The van der Waals surface area contributed by atoms with Gasteiger partial charge in [-0.05, 0) is 24.1 Å². The summed E-state index contributed by atoms with van der Waals surface area (Å²) in [4.78, 5) is 10.8. The molecule has 1 aromatic heterocycles. The second kappa shape index (κ2) is 6.29. The maximum atomic E-state index is 14.3. The number of benzene rings is 1. The summed E-state index contributed by atoms with van der Waals surface area (Å²) in [5, 5.41) is 7.42. The van der Waals surface area contributed by atoms with Crippen LogP contribution in [0.1, 0.15) is 12.0 Å². The molecular weight excluding hydrogens is 285 g/mol. The minimum absolute atomic E-state index is 0.0448. The van der Waals surface area contributed by atoms with Crippen LogP contribution in [0.15, 0.2) is 30.5 Å². The van der Waals surface area contributed by atoms with Crippen LogP contribution in [0.25, 0.3) is 0 Å². The zero-order valence-electron chi connectivity index (χ0n) is 10.3. The Morgan fingerprint density at radius 1 is 1.40 bits per heavy atom. The summed E-state index contributed by atoms with van der Waals surface area (Å²) in [5.41, 5.74) is 5.34. The van der Waals surface area contributed by atoms with Gasteiger partial charge in [-0.15, -0.1) is 5.10 Å². The summed E-state index contributed by atoms with van der Waals surface area (Å²) in [6.45, 7) is 0. The largest absolute Gasteiger partial charge is 0.433 e. The number of carbonyl (C=O) groups is 1. The second-order valence-electron chi connectivity index (χ2n) is 3.98. The van der Waals surface area contributed by atoms with Crippen molar-refractivity contribution in [1.82, 2.24) is 10.2 Å². The van der Waals surface area contributed by atoms with E-state index in [4.69, 9.17) is 22.1 Å². The fourth-order valence-corrected chi connectivity index (χ4v) is 1.75. The number of primary amides is 1. The van der Waals surface area contributed by atoms with Crippen LogP contribution in [0, 0.1) is 5.82 Å². The zero-order valence-corrected chi connectivity index (χ0v) is 11.1. The molecule has 2 N–H and O–H groups in total. The first-order valence-corrected chi connectivity index (χ1v) is 6.16. The third kappa shape index (κ3) is 3.42. The number of rotatable bonds is 5. The molecule has 1 aromatic carbocycles. The smallest absolute Gasteiger partial charge is 0.239 e. The Morgan fingerprint density at radius 2 is 2.20 bits per heavy atom. The number of carbonyl (C=O) groups excluding carboxylic acids is 1. The molecule has 0 fully saturated rings. The average molecular weight is 296 g/mol. The second-order valence-corrected chi connectivity index (χ2v) is 4.39. The van der Waals surface area contributed by atoms with Gasteiger partial charge in [0.15, 0.2) is 11.6 Å². The van der Waals surface area contributed by atoms with Crippen molar-refractivity contribution in [2.24, 2.45) is 5.73 Å². The molecule has 0 aliphatic heterocycles. The van der Waals surface area contributed by atoms with E-state index in [0.717, 1.165) is 0 Å². The van der Waals surface area contributed by atoms with Gasteiger partial charge >= 0.3 is 0 Å². The highest BCUT2D eigenvalue weighted by atomic mass is 35.5. The lowest BCUT2D eigenvalue weighted by Gasteiger charge is -2.10. The topological polar surface area (TPSA) is 78.1 Å². The van der Waals surface area contributed by atoms with Crippen molar-refractivity contribution in [3.05, 3.63) is 46.9 Å². The van der Waals surface area contributed by atoms with Gasteiger partial charge in [0, 0.05) is 18.7 Å². The van der Waals surface area contributed by atoms with E-state index in [0.29, 0.717) is 5.56 Å². The van der Waals surface area contributed by atoms with E-state index in [2.05, 4.69) is 10.2 Å². The standard InChI is InChI=1S/C13H11ClFN3O2/c14-9-5-3-8(4-6-10(16)19)12(15)13(9)20-11-2-1-7-17-18-11/h1-3,5,7H,4,6H2,(H2,16,19). The Balaban J connectivity index is 2.27. The van der Waals surface area contributed by atoms with Crippen LogP contribution < -0.4 is 10.5 Å². The predicted octanol–water partition coefficient (Wildman–Crippen LogP) is 2.48. The van der Waals surface area contributed by atoms with Gasteiger partial charge in [0.05, 0.1) is 5.02 Å². The van der Waals surface area contributed by atoms with Gasteiger partial charge in [-0.2, -0.15) is 5.10 Å². The molecule has 1 heterocycles. The summed E-state index contributed by atoms with van der Waals surface area (Å²) in [6, 6.07) is 6.11. The lowest BCUT2D eigenvalue weighted by molar-refractivity contribution is -0.117. The van der Waals surface area contributed by atoms with Gasteiger partial charge in [0.2, 0.25) is 11.8 Å². The van der Waals surface area contributed by atoms with Gasteiger partial charge in [-0.1, -0.05) is 17.7 Å². The van der Waals surface area contributed by atoms with Gasteiger partial charge < -0.3 is 10.5 Å². The summed E-state index contributed by atoms with van der Waals surface area (Å²) >= 11 is 5.91.